The van der Waals surface area contributed by atoms with Gasteiger partial charge in [-0.3, -0.25) is 0 Å². The molecule has 7 heteroatoms. The minimum Gasteiger partial charge on any atom is -0.383 e. The number of rotatable bonds is 6. The van der Waals surface area contributed by atoms with Crippen LogP contribution >= 0.6 is 0 Å². The minimum atomic E-state index is -3.39. The van der Waals surface area contributed by atoms with E-state index in [1.54, 1.807) is 4.68 Å². The Morgan fingerprint density at radius 2 is 2.06 bits per heavy atom. The summed E-state index contributed by atoms with van der Waals surface area (Å²) in [6, 6.07) is 0.0719. The van der Waals surface area contributed by atoms with E-state index in [2.05, 4.69) is 10.4 Å². The summed E-state index contributed by atoms with van der Waals surface area (Å²) < 4.78 is 25.2. The molecule has 0 saturated heterocycles. The van der Waals surface area contributed by atoms with Crippen LogP contribution in [0.5, 0.6) is 0 Å². The van der Waals surface area contributed by atoms with Crippen molar-refractivity contribution in [2.75, 3.05) is 23.9 Å². The largest absolute Gasteiger partial charge is 0.383 e. The molecule has 1 aromatic rings. The maximum atomic E-state index is 11.8. The molecule has 0 saturated carbocycles. The number of hydrogen-bond donors (Lipinski definition) is 2. The summed E-state index contributed by atoms with van der Waals surface area (Å²) in [5.41, 5.74) is 5.92. The van der Waals surface area contributed by atoms with Crippen molar-refractivity contribution in [1.82, 2.24) is 9.78 Å². The lowest BCUT2D eigenvalue weighted by Crippen LogP contribution is -2.10. The van der Waals surface area contributed by atoms with Crippen molar-refractivity contribution in [1.29, 1.82) is 0 Å². The summed E-state index contributed by atoms with van der Waals surface area (Å²) in [6.45, 7) is 6.63. The van der Waals surface area contributed by atoms with E-state index in [0.29, 0.717) is 12.4 Å². The topological polar surface area (TPSA) is 90.0 Å². The minimum absolute atomic E-state index is 0.0719. The fourth-order valence-corrected chi connectivity index (χ4v) is 2.60. The van der Waals surface area contributed by atoms with Crippen LogP contribution in [-0.2, 0) is 9.84 Å². The zero-order valence-corrected chi connectivity index (χ0v) is 12.2. The molecule has 0 aromatic carbocycles. The molecular formula is C11H22N4O2S. The molecule has 18 heavy (non-hydrogen) atoms. The molecule has 1 unspecified atom stereocenters. The van der Waals surface area contributed by atoms with E-state index in [1.807, 2.05) is 20.8 Å². The quantitative estimate of drug-likeness (QED) is 0.823. The third kappa shape index (κ3) is 2.95. The first kappa shape index (κ1) is 14.8. The normalized spacial score (nSPS) is 13.6. The van der Waals surface area contributed by atoms with Crippen LogP contribution in [0, 0.1) is 0 Å². The number of nitrogens with one attached hydrogen (secondary N) is 1. The van der Waals surface area contributed by atoms with Gasteiger partial charge in [-0.2, -0.15) is 5.10 Å². The zero-order chi connectivity index (χ0) is 13.9. The van der Waals surface area contributed by atoms with Gasteiger partial charge in [0.15, 0.2) is 20.6 Å². The highest BCUT2D eigenvalue weighted by Crippen LogP contribution is 2.30. The van der Waals surface area contributed by atoms with Crippen molar-refractivity contribution in [2.45, 2.75) is 44.6 Å². The van der Waals surface area contributed by atoms with Gasteiger partial charge in [-0.1, -0.05) is 13.8 Å². The Bertz CT molecular complexity index is 507. The second kappa shape index (κ2) is 5.60. The summed E-state index contributed by atoms with van der Waals surface area (Å²) in [4.78, 5) is 0.108. The second-order valence-electron chi connectivity index (χ2n) is 4.46. The average Bonchev–Trinajstić information content (AvgIpc) is 2.62. The first-order valence-electron chi connectivity index (χ1n) is 6.14. The number of sulfone groups is 1. The lowest BCUT2D eigenvalue weighted by molar-refractivity contribution is 0.485. The van der Waals surface area contributed by atoms with Crippen LogP contribution < -0.4 is 11.1 Å². The van der Waals surface area contributed by atoms with Crippen molar-refractivity contribution in [3.05, 3.63) is 0 Å². The number of aromatic nitrogens is 2. The van der Waals surface area contributed by atoms with Crippen LogP contribution in [0.2, 0.25) is 0 Å². The van der Waals surface area contributed by atoms with Crippen LogP contribution in [-0.4, -0.2) is 31.0 Å². The zero-order valence-electron chi connectivity index (χ0n) is 11.4. The summed E-state index contributed by atoms with van der Waals surface area (Å²) in [5.74, 6) is 0.572. The van der Waals surface area contributed by atoms with Crippen LogP contribution in [0.15, 0.2) is 4.90 Å². The third-order valence-corrected chi connectivity index (χ3v) is 3.97. The highest BCUT2D eigenvalue weighted by atomic mass is 32.2. The fourth-order valence-electron chi connectivity index (χ4n) is 1.67. The van der Waals surface area contributed by atoms with E-state index in [1.165, 1.54) is 0 Å². The molecule has 0 fully saturated rings. The van der Waals surface area contributed by atoms with E-state index in [0.717, 1.165) is 19.1 Å². The number of nitrogens with zero attached hydrogens (tertiary/aromatic N) is 2. The Morgan fingerprint density at radius 1 is 1.44 bits per heavy atom. The summed E-state index contributed by atoms with van der Waals surface area (Å²) in [7, 11) is -3.39. The van der Waals surface area contributed by atoms with E-state index in [-0.39, 0.29) is 16.8 Å². The molecule has 0 radical (unpaired) electrons. The second-order valence-corrected chi connectivity index (χ2v) is 6.42. The first-order chi connectivity index (χ1) is 8.32. The molecule has 0 aliphatic heterocycles. The smallest absolute Gasteiger partial charge is 0.182 e. The van der Waals surface area contributed by atoms with Gasteiger partial charge in [-0.25, -0.2) is 13.1 Å². The number of anilines is 2. The van der Waals surface area contributed by atoms with Crippen molar-refractivity contribution in [2.24, 2.45) is 0 Å². The predicted octanol–water partition coefficient (Wildman–Crippen LogP) is 1.66. The Morgan fingerprint density at radius 3 is 2.50 bits per heavy atom. The van der Waals surface area contributed by atoms with E-state index < -0.39 is 9.84 Å². The standard InChI is InChI=1S/C11H22N4O2S/c1-5-7-13-11-9(18(4,16)17)10(12)15(14-11)8(3)6-2/h8H,5-7,12H2,1-4H3,(H,13,14). The molecular weight excluding hydrogens is 252 g/mol. The Balaban J connectivity index is 3.32. The van der Waals surface area contributed by atoms with Gasteiger partial charge in [0, 0.05) is 12.8 Å². The van der Waals surface area contributed by atoms with Gasteiger partial charge in [0.25, 0.3) is 0 Å². The molecule has 0 bridgehead atoms. The van der Waals surface area contributed by atoms with E-state index in [9.17, 15) is 8.42 Å². The lowest BCUT2D eigenvalue weighted by atomic mass is 10.3. The van der Waals surface area contributed by atoms with Gasteiger partial charge < -0.3 is 11.1 Å². The highest BCUT2D eigenvalue weighted by Gasteiger charge is 2.25. The number of nitrogen functional groups attached to an aromatic ring is 1. The molecule has 0 aliphatic carbocycles. The Hall–Kier alpha value is -1.24. The molecule has 6 nitrogen and oxygen atoms in total. The van der Waals surface area contributed by atoms with Gasteiger partial charge >= 0.3 is 0 Å². The maximum Gasteiger partial charge on any atom is 0.182 e. The fraction of sp³-hybridized carbons (Fsp3) is 0.727. The average molecular weight is 274 g/mol. The maximum absolute atomic E-state index is 11.8. The Kier molecular flexibility index (Phi) is 4.61. The molecule has 1 atom stereocenters. The van der Waals surface area contributed by atoms with Gasteiger partial charge in [-0.05, 0) is 19.8 Å². The van der Waals surface area contributed by atoms with Crippen molar-refractivity contribution >= 4 is 21.5 Å². The molecule has 3 N–H and O–H groups in total. The van der Waals surface area contributed by atoms with E-state index >= 15 is 0 Å². The Labute approximate surface area is 108 Å². The van der Waals surface area contributed by atoms with Gasteiger partial charge in [0.1, 0.15) is 5.82 Å². The molecule has 104 valence electrons. The van der Waals surface area contributed by atoms with Crippen molar-refractivity contribution < 1.29 is 8.42 Å². The van der Waals surface area contributed by atoms with Crippen molar-refractivity contribution in [3.8, 4) is 0 Å². The monoisotopic (exact) mass is 274 g/mol. The van der Waals surface area contributed by atoms with Gasteiger partial charge in [0.2, 0.25) is 0 Å². The first-order valence-corrected chi connectivity index (χ1v) is 8.03. The van der Waals surface area contributed by atoms with E-state index in [4.69, 9.17) is 5.73 Å². The molecule has 0 aliphatic rings. The number of hydrogen-bond acceptors (Lipinski definition) is 5. The van der Waals surface area contributed by atoms with Crippen LogP contribution in [0.1, 0.15) is 39.7 Å². The third-order valence-electron chi connectivity index (χ3n) is 2.82. The summed E-state index contributed by atoms with van der Waals surface area (Å²) >= 11 is 0. The van der Waals surface area contributed by atoms with Crippen LogP contribution in [0.3, 0.4) is 0 Å². The summed E-state index contributed by atoms with van der Waals surface area (Å²) in [5, 5.41) is 7.30. The molecule has 1 heterocycles. The highest BCUT2D eigenvalue weighted by molar-refractivity contribution is 7.91. The van der Waals surface area contributed by atoms with Crippen molar-refractivity contribution in [3.63, 3.8) is 0 Å². The SMILES string of the molecule is CCCNc1nn(C(C)CC)c(N)c1S(C)(=O)=O. The number of nitrogens with two attached hydrogens (primary N) is 1. The lowest BCUT2D eigenvalue weighted by Gasteiger charge is -2.10. The molecule has 1 rings (SSSR count). The van der Waals surface area contributed by atoms with Gasteiger partial charge in [0.05, 0.1) is 6.04 Å². The molecule has 1 aromatic heterocycles. The van der Waals surface area contributed by atoms with Crippen LogP contribution in [0.4, 0.5) is 11.6 Å². The molecule has 0 spiro atoms. The summed E-state index contributed by atoms with van der Waals surface area (Å²) in [6.07, 6.45) is 2.88. The van der Waals surface area contributed by atoms with Gasteiger partial charge in [-0.15, -0.1) is 0 Å². The molecule has 0 amide bonds. The van der Waals surface area contributed by atoms with Crippen LogP contribution in [0.25, 0.3) is 0 Å². The predicted molar refractivity (Wildman–Crippen MR) is 73.5 cm³/mol.